The number of alkyl halides is 3. The van der Waals surface area contributed by atoms with Gasteiger partial charge in [0.1, 0.15) is 0 Å². The number of ether oxygens (including phenoxy) is 1. The zero-order valence-electron chi connectivity index (χ0n) is 11.8. The van der Waals surface area contributed by atoms with E-state index in [4.69, 9.17) is 11.6 Å². The number of hydrogen-bond acceptors (Lipinski definition) is 2. The molecule has 116 valence electrons. The molecular weight excluding hydrogens is 317 g/mol. The van der Waals surface area contributed by atoms with Gasteiger partial charge in [0, 0.05) is 5.56 Å². The number of esters is 1. The first kappa shape index (κ1) is 16.4. The molecule has 2 nitrogen and oxygen atoms in total. The lowest BCUT2D eigenvalue weighted by atomic mass is 9.96. The van der Waals surface area contributed by atoms with E-state index in [0.717, 1.165) is 6.07 Å². The number of halogens is 4. The Labute approximate surface area is 130 Å². The van der Waals surface area contributed by atoms with Crippen LogP contribution in [0.5, 0.6) is 0 Å². The summed E-state index contributed by atoms with van der Waals surface area (Å²) in [5.41, 5.74) is 0.602. The largest absolute Gasteiger partial charge is 0.465 e. The number of hydrogen-bond donors (Lipinski definition) is 0. The zero-order chi connectivity index (χ0) is 16.5. The number of rotatable bonds is 2. The van der Waals surface area contributed by atoms with E-state index < -0.39 is 17.7 Å². The minimum Gasteiger partial charge on any atom is -0.465 e. The Balaban J connectivity index is 2.65. The molecule has 0 aromatic heterocycles. The Kier molecular flexibility index (Phi) is 4.47. The van der Waals surface area contributed by atoms with Crippen molar-refractivity contribution < 1.29 is 22.7 Å². The van der Waals surface area contributed by atoms with Gasteiger partial charge in [0.05, 0.1) is 23.3 Å². The SMILES string of the molecule is COC(=O)c1cccc(-c2c(C)ccc(C(F)(F)F)c2Cl)c1. The van der Waals surface area contributed by atoms with E-state index >= 15 is 0 Å². The molecule has 0 aliphatic rings. The average molecular weight is 329 g/mol. The molecule has 0 fully saturated rings. The van der Waals surface area contributed by atoms with E-state index in [2.05, 4.69) is 4.74 Å². The van der Waals surface area contributed by atoms with Crippen LogP contribution in [0.15, 0.2) is 36.4 Å². The summed E-state index contributed by atoms with van der Waals surface area (Å²) in [6, 6.07) is 8.45. The molecule has 0 bridgehead atoms. The third-order valence-corrected chi connectivity index (χ3v) is 3.62. The summed E-state index contributed by atoms with van der Waals surface area (Å²) in [6.45, 7) is 1.66. The monoisotopic (exact) mass is 328 g/mol. The van der Waals surface area contributed by atoms with Crippen molar-refractivity contribution in [2.24, 2.45) is 0 Å². The standard InChI is InChI=1S/C16H12ClF3O2/c1-9-6-7-12(16(18,19)20)14(17)13(9)10-4-3-5-11(8-10)15(21)22-2/h3-8H,1-2H3. The van der Waals surface area contributed by atoms with Crippen LogP contribution in [0.3, 0.4) is 0 Å². The average Bonchev–Trinajstić information content (AvgIpc) is 2.45. The number of benzene rings is 2. The van der Waals surface area contributed by atoms with Crippen LogP contribution in [0.1, 0.15) is 21.5 Å². The fourth-order valence-electron chi connectivity index (χ4n) is 2.17. The van der Waals surface area contributed by atoms with Crippen LogP contribution >= 0.6 is 11.6 Å². The van der Waals surface area contributed by atoms with Gasteiger partial charge in [-0.15, -0.1) is 0 Å². The number of methoxy groups -OCH3 is 1. The van der Waals surface area contributed by atoms with Crippen molar-refractivity contribution in [2.45, 2.75) is 13.1 Å². The number of carbonyl (C=O) groups is 1. The van der Waals surface area contributed by atoms with Gasteiger partial charge in [-0.05, 0) is 36.2 Å². The van der Waals surface area contributed by atoms with E-state index in [1.54, 1.807) is 19.1 Å². The van der Waals surface area contributed by atoms with Crippen LogP contribution in [0.2, 0.25) is 5.02 Å². The van der Waals surface area contributed by atoms with Crippen LogP contribution in [-0.4, -0.2) is 13.1 Å². The molecular formula is C16H12ClF3O2. The summed E-state index contributed by atoms with van der Waals surface area (Å²) in [4.78, 5) is 11.6. The Morgan fingerprint density at radius 2 is 1.86 bits per heavy atom. The minimum atomic E-state index is -4.54. The highest BCUT2D eigenvalue weighted by molar-refractivity contribution is 6.34. The molecule has 0 aliphatic carbocycles. The first-order valence-electron chi connectivity index (χ1n) is 6.30. The molecule has 0 radical (unpaired) electrons. The molecule has 6 heteroatoms. The molecule has 0 spiro atoms. The third-order valence-electron chi connectivity index (χ3n) is 3.23. The van der Waals surface area contributed by atoms with Crippen molar-refractivity contribution in [1.29, 1.82) is 0 Å². The summed E-state index contributed by atoms with van der Waals surface area (Å²) in [5.74, 6) is -0.567. The van der Waals surface area contributed by atoms with Crippen molar-refractivity contribution in [3.05, 3.63) is 58.1 Å². The fraction of sp³-hybridized carbons (Fsp3) is 0.188. The van der Waals surface area contributed by atoms with E-state index in [-0.39, 0.29) is 16.1 Å². The lowest BCUT2D eigenvalue weighted by Crippen LogP contribution is -2.07. The number of aryl methyl sites for hydroxylation is 1. The summed E-state index contributed by atoms with van der Waals surface area (Å²) in [7, 11) is 1.23. The second-order valence-corrected chi connectivity index (χ2v) is 5.07. The molecule has 22 heavy (non-hydrogen) atoms. The summed E-state index contributed by atoms with van der Waals surface area (Å²) in [5, 5.41) is -0.380. The van der Waals surface area contributed by atoms with Crippen LogP contribution < -0.4 is 0 Å². The molecule has 0 unspecified atom stereocenters. The molecule has 2 aromatic carbocycles. The molecule has 0 saturated carbocycles. The maximum absolute atomic E-state index is 13.0. The molecule has 0 N–H and O–H groups in total. The fourth-order valence-corrected chi connectivity index (χ4v) is 2.59. The molecule has 0 saturated heterocycles. The van der Waals surface area contributed by atoms with Crippen molar-refractivity contribution in [2.75, 3.05) is 7.11 Å². The van der Waals surface area contributed by atoms with Gasteiger partial charge in [0.2, 0.25) is 0 Å². The quantitative estimate of drug-likeness (QED) is 0.715. The van der Waals surface area contributed by atoms with E-state index in [1.165, 1.54) is 25.3 Å². The Morgan fingerprint density at radius 1 is 1.18 bits per heavy atom. The lowest BCUT2D eigenvalue weighted by Gasteiger charge is -2.15. The topological polar surface area (TPSA) is 26.3 Å². The summed E-state index contributed by atoms with van der Waals surface area (Å²) < 4.78 is 43.6. The molecule has 0 aliphatic heterocycles. The van der Waals surface area contributed by atoms with Crippen molar-refractivity contribution in [3.63, 3.8) is 0 Å². The maximum atomic E-state index is 13.0. The van der Waals surface area contributed by atoms with Crippen molar-refractivity contribution in [1.82, 2.24) is 0 Å². The van der Waals surface area contributed by atoms with Gasteiger partial charge < -0.3 is 4.74 Å². The van der Waals surface area contributed by atoms with E-state index in [9.17, 15) is 18.0 Å². The summed E-state index contributed by atoms with van der Waals surface area (Å²) >= 11 is 5.96. The summed E-state index contributed by atoms with van der Waals surface area (Å²) in [6.07, 6.45) is -4.54. The van der Waals surface area contributed by atoms with Gasteiger partial charge in [0.25, 0.3) is 0 Å². The Hall–Kier alpha value is -2.01. The molecule has 2 rings (SSSR count). The van der Waals surface area contributed by atoms with Crippen molar-refractivity contribution in [3.8, 4) is 11.1 Å². The van der Waals surface area contributed by atoms with Gasteiger partial charge in [-0.2, -0.15) is 13.2 Å². The Morgan fingerprint density at radius 3 is 2.45 bits per heavy atom. The predicted molar refractivity (Wildman–Crippen MR) is 78.0 cm³/mol. The smallest absolute Gasteiger partial charge is 0.417 e. The van der Waals surface area contributed by atoms with E-state index in [1.807, 2.05) is 0 Å². The first-order valence-corrected chi connectivity index (χ1v) is 6.68. The second kappa shape index (κ2) is 6.01. The van der Waals surface area contributed by atoms with Crippen LogP contribution in [0.25, 0.3) is 11.1 Å². The van der Waals surface area contributed by atoms with Gasteiger partial charge in [-0.25, -0.2) is 4.79 Å². The third kappa shape index (κ3) is 3.09. The molecule has 0 heterocycles. The van der Waals surface area contributed by atoms with Crippen LogP contribution in [0.4, 0.5) is 13.2 Å². The number of carbonyl (C=O) groups excluding carboxylic acids is 1. The van der Waals surface area contributed by atoms with Gasteiger partial charge in [-0.1, -0.05) is 29.8 Å². The Bertz CT molecular complexity index is 724. The highest BCUT2D eigenvalue weighted by atomic mass is 35.5. The van der Waals surface area contributed by atoms with Crippen LogP contribution in [0, 0.1) is 6.92 Å². The molecule has 0 amide bonds. The van der Waals surface area contributed by atoms with Crippen LogP contribution in [-0.2, 0) is 10.9 Å². The van der Waals surface area contributed by atoms with E-state index in [0.29, 0.717) is 11.1 Å². The first-order chi connectivity index (χ1) is 10.3. The van der Waals surface area contributed by atoms with Gasteiger partial charge in [-0.3, -0.25) is 0 Å². The highest BCUT2D eigenvalue weighted by Gasteiger charge is 2.34. The van der Waals surface area contributed by atoms with Gasteiger partial charge >= 0.3 is 12.1 Å². The minimum absolute atomic E-state index is 0.243. The lowest BCUT2D eigenvalue weighted by molar-refractivity contribution is -0.137. The normalized spacial score (nSPS) is 11.4. The van der Waals surface area contributed by atoms with Gasteiger partial charge in [0.15, 0.2) is 0 Å². The predicted octanol–water partition coefficient (Wildman–Crippen LogP) is 5.12. The van der Waals surface area contributed by atoms with Crippen molar-refractivity contribution >= 4 is 17.6 Å². The highest BCUT2D eigenvalue weighted by Crippen LogP contribution is 2.41. The second-order valence-electron chi connectivity index (χ2n) is 4.69. The zero-order valence-corrected chi connectivity index (χ0v) is 12.5. The maximum Gasteiger partial charge on any atom is 0.417 e. The molecule has 0 atom stereocenters. The molecule has 2 aromatic rings.